The number of hydrogen-bond donors (Lipinski definition) is 3. The Labute approximate surface area is 173 Å². The van der Waals surface area contributed by atoms with Crippen LogP contribution in [0.1, 0.15) is 31.2 Å². The molecule has 4 rings (SSSR count). The van der Waals surface area contributed by atoms with Gasteiger partial charge in [0, 0.05) is 50.6 Å². The molecule has 7 heteroatoms. The summed E-state index contributed by atoms with van der Waals surface area (Å²) in [6.45, 7) is 8.86. The second-order valence-corrected chi connectivity index (χ2v) is 7.97. The fourth-order valence-electron chi connectivity index (χ4n) is 4.10. The lowest BCUT2D eigenvalue weighted by Crippen LogP contribution is -2.46. The third kappa shape index (κ3) is 5.38. The highest BCUT2D eigenvalue weighted by molar-refractivity contribution is 5.48. The van der Waals surface area contributed by atoms with Crippen LogP contribution in [0.4, 0.5) is 17.5 Å². The largest absolute Gasteiger partial charge is 0.384 e. The fourth-order valence-corrected chi connectivity index (χ4v) is 4.10. The molecule has 1 aromatic carbocycles. The van der Waals surface area contributed by atoms with Crippen molar-refractivity contribution >= 4 is 17.5 Å². The predicted molar refractivity (Wildman–Crippen MR) is 119 cm³/mol. The van der Waals surface area contributed by atoms with E-state index in [0.717, 1.165) is 50.2 Å². The number of benzene rings is 1. The Morgan fingerprint density at radius 3 is 2.48 bits per heavy atom. The number of nitrogens with one attached hydrogen (secondary N) is 2. The molecule has 7 nitrogen and oxygen atoms in total. The van der Waals surface area contributed by atoms with E-state index in [1.807, 2.05) is 0 Å². The molecule has 0 spiro atoms. The summed E-state index contributed by atoms with van der Waals surface area (Å²) in [6.07, 6.45) is 6.85. The molecule has 1 saturated carbocycles. The van der Waals surface area contributed by atoms with Crippen molar-refractivity contribution in [2.24, 2.45) is 0 Å². The summed E-state index contributed by atoms with van der Waals surface area (Å²) in [5, 5.41) is 6.87. The summed E-state index contributed by atoms with van der Waals surface area (Å²) in [5.74, 6) is 2.14. The molecule has 2 fully saturated rings. The summed E-state index contributed by atoms with van der Waals surface area (Å²) in [7, 11) is 0. The molecule has 0 atom stereocenters. The third-order valence-electron chi connectivity index (χ3n) is 5.71. The van der Waals surface area contributed by atoms with Gasteiger partial charge in [-0.05, 0) is 36.6 Å². The number of piperazine rings is 1. The highest BCUT2D eigenvalue weighted by Gasteiger charge is 2.19. The standard InChI is InChI=1S/C22H31N7/c1-17(25-19-4-2-3-5-19)26-20-8-6-18(7-9-20)16-28-12-14-29(15-13-28)22-24-11-10-21(23)27-22/h6-11,19,25-26H,1-5,12-16H2,(H2,23,24,27). The molecule has 4 N–H and O–H groups in total. The molecule has 2 aromatic rings. The van der Waals surface area contributed by atoms with Gasteiger partial charge in [0.05, 0.1) is 5.82 Å². The molecule has 0 amide bonds. The summed E-state index contributed by atoms with van der Waals surface area (Å²) in [4.78, 5) is 13.3. The number of nitrogens with zero attached hydrogens (tertiary/aromatic N) is 4. The highest BCUT2D eigenvalue weighted by Crippen LogP contribution is 2.20. The second kappa shape index (κ2) is 9.13. The van der Waals surface area contributed by atoms with E-state index in [9.17, 15) is 0 Å². The maximum absolute atomic E-state index is 5.77. The minimum atomic E-state index is 0.521. The van der Waals surface area contributed by atoms with Crippen LogP contribution in [0.3, 0.4) is 0 Å². The maximum atomic E-state index is 5.77. The van der Waals surface area contributed by atoms with Gasteiger partial charge in [-0.2, -0.15) is 4.98 Å². The maximum Gasteiger partial charge on any atom is 0.227 e. The molecule has 2 aliphatic rings. The van der Waals surface area contributed by atoms with Crippen LogP contribution in [-0.2, 0) is 6.54 Å². The van der Waals surface area contributed by atoms with Gasteiger partial charge in [0.1, 0.15) is 5.82 Å². The van der Waals surface area contributed by atoms with E-state index in [1.54, 1.807) is 12.3 Å². The second-order valence-electron chi connectivity index (χ2n) is 7.97. The minimum Gasteiger partial charge on any atom is -0.384 e. The minimum absolute atomic E-state index is 0.521. The summed E-state index contributed by atoms with van der Waals surface area (Å²) in [5.41, 5.74) is 8.17. The van der Waals surface area contributed by atoms with Crippen LogP contribution >= 0.6 is 0 Å². The van der Waals surface area contributed by atoms with Gasteiger partial charge < -0.3 is 21.3 Å². The average molecular weight is 394 g/mol. The third-order valence-corrected chi connectivity index (χ3v) is 5.71. The highest BCUT2D eigenvalue weighted by atomic mass is 15.3. The van der Waals surface area contributed by atoms with Gasteiger partial charge in [-0.3, -0.25) is 4.90 Å². The predicted octanol–water partition coefficient (Wildman–Crippen LogP) is 2.80. The number of nitrogen functional groups attached to an aromatic ring is 1. The molecule has 0 unspecified atom stereocenters. The van der Waals surface area contributed by atoms with Crippen molar-refractivity contribution in [1.29, 1.82) is 0 Å². The Kier molecular flexibility index (Phi) is 6.14. The Morgan fingerprint density at radius 2 is 1.79 bits per heavy atom. The molecule has 2 heterocycles. The van der Waals surface area contributed by atoms with E-state index in [-0.39, 0.29) is 0 Å². The van der Waals surface area contributed by atoms with Crippen molar-refractivity contribution in [1.82, 2.24) is 20.2 Å². The normalized spacial score (nSPS) is 18.0. The van der Waals surface area contributed by atoms with Crippen molar-refractivity contribution < 1.29 is 0 Å². The van der Waals surface area contributed by atoms with Crippen LogP contribution in [0.15, 0.2) is 48.9 Å². The van der Waals surface area contributed by atoms with E-state index in [0.29, 0.717) is 11.9 Å². The van der Waals surface area contributed by atoms with Gasteiger partial charge in [0.15, 0.2) is 0 Å². The summed E-state index contributed by atoms with van der Waals surface area (Å²) >= 11 is 0. The molecule has 0 radical (unpaired) electrons. The Bertz CT molecular complexity index is 806. The van der Waals surface area contributed by atoms with Crippen LogP contribution < -0.4 is 21.3 Å². The molecule has 1 saturated heterocycles. The molecule has 0 bridgehead atoms. The van der Waals surface area contributed by atoms with Gasteiger partial charge in [0.2, 0.25) is 5.95 Å². The number of anilines is 3. The van der Waals surface area contributed by atoms with Crippen molar-refractivity contribution in [2.75, 3.05) is 42.1 Å². The number of aromatic nitrogens is 2. The summed E-state index contributed by atoms with van der Waals surface area (Å²) < 4.78 is 0. The molecule has 29 heavy (non-hydrogen) atoms. The Morgan fingerprint density at radius 1 is 1.07 bits per heavy atom. The average Bonchev–Trinajstić information content (AvgIpc) is 3.23. The zero-order chi connectivity index (χ0) is 20.1. The molecular weight excluding hydrogens is 362 g/mol. The van der Waals surface area contributed by atoms with E-state index >= 15 is 0 Å². The SMILES string of the molecule is C=C(Nc1ccc(CN2CCN(c3nccc(N)n3)CC2)cc1)NC1CCCC1. The van der Waals surface area contributed by atoms with Crippen molar-refractivity contribution in [2.45, 2.75) is 38.3 Å². The molecule has 154 valence electrons. The Hall–Kier alpha value is -2.80. The first-order valence-electron chi connectivity index (χ1n) is 10.5. The lowest BCUT2D eigenvalue weighted by molar-refractivity contribution is 0.249. The lowest BCUT2D eigenvalue weighted by Gasteiger charge is -2.34. The van der Waals surface area contributed by atoms with Crippen molar-refractivity contribution in [3.8, 4) is 0 Å². The van der Waals surface area contributed by atoms with Gasteiger partial charge in [-0.1, -0.05) is 31.6 Å². The summed E-state index contributed by atoms with van der Waals surface area (Å²) in [6, 6.07) is 10.9. The van der Waals surface area contributed by atoms with Crippen LogP contribution in [0.2, 0.25) is 0 Å². The van der Waals surface area contributed by atoms with Crippen molar-refractivity contribution in [3.05, 3.63) is 54.5 Å². The van der Waals surface area contributed by atoms with Crippen molar-refractivity contribution in [3.63, 3.8) is 0 Å². The zero-order valence-corrected chi connectivity index (χ0v) is 17.0. The molecule has 1 aliphatic carbocycles. The van der Waals surface area contributed by atoms with Gasteiger partial charge in [-0.25, -0.2) is 4.98 Å². The van der Waals surface area contributed by atoms with Crippen LogP contribution in [-0.4, -0.2) is 47.1 Å². The number of nitrogens with two attached hydrogens (primary N) is 1. The van der Waals surface area contributed by atoms with E-state index in [1.165, 1.54) is 31.2 Å². The Balaban J connectivity index is 1.23. The first-order valence-corrected chi connectivity index (χ1v) is 10.5. The molecule has 1 aromatic heterocycles. The van der Waals surface area contributed by atoms with Crippen LogP contribution in [0.25, 0.3) is 0 Å². The lowest BCUT2D eigenvalue weighted by atomic mass is 10.1. The van der Waals surface area contributed by atoms with Gasteiger partial charge in [0.25, 0.3) is 0 Å². The van der Waals surface area contributed by atoms with E-state index < -0.39 is 0 Å². The van der Waals surface area contributed by atoms with Crippen LogP contribution in [0, 0.1) is 0 Å². The quantitative estimate of drug-likeness (QED) is 0.667. The van der Waals surface area contributed by atoms with Crippen LogP contribution in [0.5, 0.6) is 0 Å². The first-order chi connectivity index (χ1) is 14.2. The van der Waals surface area contributed by atoms with Gasteiger partial charge >= 0.3 is 0 Å². The monoisotopic (exact) mass is 393 g/mol. The molecule has 1 aliphatic heterocycles. The van der Waals surface area contributed by atoms with E-state index in [2.05, 4.69) is 61.2 Å². The number of rotatable bonds is 7. The van der Waals surface area contributed by atoms with Gasteiger partial charge in [-0.15, -0.1) is 0 Å². The number of hydrogen-bond acceptors (Lipinski definition) is 7. The van der Waals surface area contributed by atoms with E-state index in [4.69, 9.17) is 5.73 Å². The topological polar surface area (TPSA) is 82.3 Å². The first kappa shape index (κ1) is 19.5. The zero-order valence-electron chi connectivity index (χ0n) is 17.0. The molecular formula is C22H31N7. The fraction of sp³-hybridized carbons (Fsp3) is 0.455. The smallest absolute Gasteiger partial charge is 0.227 e.